The highest BCUT2D eigenvalue weighted by atomic mass is 16.4. The summed E-state index contributed by atoms with van der Waals surface area (Å²) in [5, 5.41) is 11.2. The van der Waals surface area contributed by atoms with Gasteiger partial charge in [-0.05, 0) is 20.8 Å². The minimum Gasteiger partial charge on any atom is -0.481 e. The molecular weight excluding hydrogens is 172 g/mol. The highest BCUT2D eigenvalue weighted by Gasteiger charge is 2.27. The van der Waals surface area contributed by atoms with Gasteiger partial charge in [0, 0.05) is 6.54 Å². The van der Waals surface area contributed by atoms with Gasteiger partial charge >= 0.3 is 5.97 Å². The maximum absolute atomic E-state index is 11.0. The Balaban J connectivity index is 4.03. The van der Waals surface area contributed by atoms with Crippen molar-refractivity contribution in [1.82, 2.24) is 5.32 Å². The first kappa shape index (κ1) is 11.9. The molecule has 0 fully saturated rings. The fourth-order valence-corrected chi connectivity index (χ4v) is 0.545. The Morgan fingerprint density at radius 1 is 1.54 bits per heavy atom. The van der Waals surface area contributed by atoms with Gasteiger partial charge in [-0.25, -0.2) is 0 Å². The van der Waals surface area contributed by atoms with Crippen LogP contribution in [0.15, 0.2) is 0 Å². The van der Waals surface area contributed by atoms with Crippen molar-refractivity contribution < 1.29 is 14.7 Å². The zero-order valence-corrected chi connectivity index (χ0v) is 8.13. The second-order valence-corrected chi connectivity index (χ2v) is 3.70. The summed E-state index contributed by atoms with van der Waals surface area (Å²) in [6.45, 7) is 4.71. The summed E-state index contributed by atoms with van der Waals surface area (Å²) >= 11 is 0. The second-order valence-electron chi connectivity index (χ2n) is 3.70. The molecule has 5 nitrogen and oxygen atoms in total. The summed E-state index contributed by atoms with van der Waals surface area (Å²) in [5.74, 6) is -1.29. The average molecular weight is 188 g/mol. The Kier molecular flexibility index (Phi) is 3.87. The van der Waals surface area contributed by atoms with Crippen LogP contribution in [-0.2, 0) is 9.59 Å². The molecule has 1 amide bonds. The molecule has 4 N–H and O–H groups in total. The first-order chi connectivity index (χ1) is 5.77. The summed E-state index contributed by atoms with van der Waals surface area (Å²) < 4.78 is 0. The topological polar surface area (TPSA) is 92.4 Å². The molecule has 0 spiro atoms. The van der Waals surface area contributed by atoms with Gasteiger partial charge in [0.05, 0.1) is 11.5 Å². The minimum absolute atomic E-state index is 0.0860. The number of rotatable bonds is 4. The monoisotopic (exact) mass is 188 g/mol. The van der Waals surface area contributed by atoms with Crippen molar-refractivity contribution in [3.63, 3.8) is 0 Å². The predicted molar refractivity (Wildman–Crippen MR) is 48.1 cm³/mol. The molecule has 0 heterocycles. The molecule has 0 saturated heterocycles. The lowest BCUT2D eigenvalue weighted by atomic mass is 9.94. The van der Waals surface area contributed by atoms with Crippen LogP contribution in [0.5, 0.6) is 0 Å². The van der Waals surface area contributed by atoms with Crippen molar-refractivity contribution in [1.29, 1.82) is 0 Å². The van der Waals surface area contributed by atoms with E-state index in [9.17, 15) is 9.59 Å². The van der Waals surface area contributed by atoms with Gasteiger partial charge in [0.25, 0.3) is 0 Å². The summed E-state index contributed by atoms with van der Waals surface area (Å²) in [4.78, 5) is 21.6. The molecule has 0 unspecified atom stereocenters. The molecule has 0 aromatic carbocycles. The van der Waals surface area contributed by atoms with E-state index in [1.165, 1.54) is 13.8 Å². The Hall–Kier alpha value is -1.10. The van der Waals surface area contributed by atoms with Crippen LogP contribution in [0.2, 0.25) is 0 Å². The summed E-state index contributed by atoms with van der Waals surface area (Å²) in [5.41, 5.74) is 4.33. The van der Waals surface area contributed by atoms with Crippen molar-refractivity contribution in [3.8, 4) is 0 Å². The van der Waals surface area contributed by atoms with E-state index in [0.717, 1.165) is 0 Å². The number of aliphatic carboxylic acids is 1. The van der Waals surface area contributed by atoms with Crippen LogP contribution >= 0.6 is 0 Å². The van der Waals surface area contributed by atoms with Crippen LogP contribution in [-0.4, -0.2) is 29.6 Å². The van der Waals surface area contributed by atoms with Crippen molar-refractivity contribution in [2.75, 3.05) is 6.54 Å². The lowest BCUT2D eigenvalue weighted by molar-refractivity contribution is -0.146. The largest absolute Gasteiger partial charge is 0.481 e. The SMILES string of the molecule is C[C@H](N)C(=O)NCC(C)(C)C(=O)O. The first-order valence-electron chi connectivity index (χ1n) is 4.04. The van der Waals surface area contributed by atoms with Crippen LogP contribution in [0.1, 0.15) is 20.8 Å². The number of carboxylic acid groups (broad SMARTS) is 1. The average Bonchev–Trinajstić information content (AvgIpc) is 1.99. The normalized spacial score (nSPS) is 13.5. The minimum atomic E-state index is -0.954. The molecule has 5 heteroatoms. The number of nitrogens with one attached hydrogen (secondary N) is 1. The van der Waals surface area contributed by atoms with E-state index in [1.807, 2.05) is 0 Å². The predicted octanol–water partition coefficient (Wildman–Crippen LogP) is -0.439. The number of hydrogen-bond acceptors (Lipinski definition) is 3. The third kappa shape index (κ3) is 3.89. The number of nitrogens with two attached hydrogens (primary N) is 1. The van der Waals surface area contributed by atoms with E-state index in [4.69, 9.17) is 10.8 Å². The Morgan fingerprint density at radius 3 is 2.31 bits per heavy atom. The zero-order valence-electron chi connectivity index (χ0n) is 8.13. The van der Waals surface area contributed by atoms with E-state index in [-0.39, 0.29) is 12.5 Å². The Bertz CT molecular complexity index is 211. The van der Waals surface area contributed by atoms with Gasteiger partial charge in [-0.15, -0.1) is 0 Å². The molecule has 0 rings (SSSR count). The zero-order chi connectivity index (χ0) is 10.6. The number of hydrogen-bond donors (Lipinski definition) is 3. The number of carbonyl (C=O) groups excluding carboxylic acids is 1. The summed E-state index contributed by atoms with van der Waals surface area (Å²) in [6, 6.07) is -0.607. The quantitative estimate of drug-likeness (QED) is 0.557. The Morgan fingerprint density at radius 2 is 2.00 bits per heavy atom. The maximum atomic E-state index is 11.0. The van der Waals surface area contributed by atoms with Crippen LogP contribution in [0.25, 0.3) is 0 Å². The van der Waals surface area contributed by atoms with Crippen molar-refractivity contribution in [3.05, 3.63) is 0 Å². The smallest absolute Gasteiger partial charge is 0.310 e. The van der Waals surface area contributed by atoms with Crippen LogP contribution in [0, 0.1) is 5.41 Å². The molecule has 13 heavy (non-hydrogen) atoms. The van der Waals surface area contributed by atoms with E-state index >= 15 is 0 Å². The number of amides is 1. The summed E-state index contributed by atoms with van der Waals surface area (Å²) in [7, 11) is 0. The molecule has 0 aromatic rings. The van der Waals surface area contributed by atoms with Gasteiger partial charge in [0.1, 0.15) is 0 Å². The highest BCUT2D eigenvalue weighted by molar-refractivity contribution is 5.82. The third-order valence-electron chi connectivity index (χ3n) is 1.70. The third-order valence-corrected chi connectivity index (χ3v) is 1.70. The molecule has 76 valence electrons. The lowest BCUT2D eigenvalue weighted by Gasteiger charge is -2.20. The van der Waals surface area contributed by atoms with Gasteiger partial charge in [0.2, 0.25) is 5.91 Å². The molecular formula is C8H16N2O3. The van der Waals surface area contributed by atoms with Crippen molar-refractivity contribution in [2.24, 2.45) is 11.1 Å². The van der Waals surface area contributed by atoms with Gasteiger partial charge in [0.15, 0.2) is 0 Å². The van der Waals surface area contributed by atoms with E-state index in [0.29, 0.717) is 0 Å². The molecule has 0 aliphatic carbocycles. The maximum Gasteiger partial charge on any atom is 0.310 e. The van der Waals surface area contributed by atoms with E-state index < -0.39 is 17.4 Å². The van der Waals surface area contributed by atoms with Gasteiger partial charge in [-0.2, -0.15) is 0 Å². The molecule has 0 aliphatic rings. The number of carbonyl (C=O) groups is 2. The molecule has 0 saturated carbocycles. The first-order valence-corrected chi connectivity index (χ1v) is 4.04. The molecule has 0 radical (unpaired) electrons. The Labute approximate surface area is 77.3 Å². The van der Waals surface area contributed by atoms with Crippen molar-refractivity contribution >= 4 is 11.9 Å². The lowest BCUT2D eigenvalue weighted by Crippen LogP contribution is -2.44. The molecule has 0 aliphatic heterocycles. The van der Waals surface area contributed by atoms with Gasteiger partial charge in [-0.3, -0.25) is 9.59 Å². The van der Waals surface area contributed by atoms with E-state index in [2.05, 4.69) is 5.32 Å². The standard InChI is InChI=1S/C8H16N2O3/c1-5(9)6(11)10-4-8(2,3)7(12)13/h5H,4,9H2,1-3H3,(H,10,11)(H,12,13)/t5-/m0/s1. The fourth-order valence-electron chi connectivity index (χ4n) is 0.545. The number of carboxylic acids is 1. The fraction of sp³-hybridized carbons (Fsp3) is 0.750. The van der Waals surface area contributed by atoms with Gasteiger partial charge in [-0.1, -0.05) is 0 Å². The summed E-state index contributed by atoms with van der Waals surface area (Å²) in [6.07, 6.45) is 0. The van der Waals surface area contributed by atoms with E-state index in [1.54, 1.807) is 6.92 Å². The second kappa shape index (κ2) is 4.23. The van der Waals surface area contributed by atoms with Crippen LogP contribution in [0.3, 0.4) is 0 Å². The van der Waals surface area contributed by atoms with Gasteiger partial charge < -0.3 is 16.2 Å². The van der Waals surface area contributed by atoms with Crippen LogP contribution in [0.4, 0.5) is 0 Å². The molecule has 1 atom stereocenters. The molecule has 0 bridgehead atoms. The van der Waals surface area contributed by atoms with Crippen LogP contribution < -0.4 is 11.1 Å². The molecule has 0 aromatic heterocycles. The van der Waals surface area contributed by atoms with Crippen molar-refractivity contribution in [2.45, 2.75) is 26.8 Å². The highest BCUT2D eigenvalue weighted by Crippen LogP contribution is 2.12.